The van der Waals surface area contributed by atoms with Crippen molar-refractivity contribution >= 4 is 33.0 Å². The van der Waals surface area contributed by atoms with Crippen LogP contribution in [0.2, 0.25) is 0 Å². The minimum absolute atomic E-state index is 0.251. The first-order valence-corrected chi connectivity index (χ1v) is 16.0. The van der Waals surface area contributed by atoms with Crippen LogP contribution in [0.4, 0.5) is 11.6 Å². The van der Waals surface area contributed by atoms with Gasteiger partial charge in [-0.3, -0.25) is 4.90 Å². The second-order valence-electron chi connectivity index (χ2n) is 11.4. The molecule has 0 amide bonds. The summed E-state index contributed by atoms with van der Waals surface area (Å²) in [6.45, 7) is 10.9. The minimum Gasteiger partial charge on any atom is -0.324 e. The third-order valence-electron chi connectivity index (χ3n) is 6.75. The molecule has 0 radical (unpaired) electrons. The van der Waals surface area contributed by atoms with Crippen molar-refractivity contribution in [3.63, 3.8) is 0 Å². The molecule has 2 N–H and O–H groups in total. The number of likely N-dealkylation sites (tertiary alicyclic amines) is 1. The zero-order valence-corrected chi connectivity index (χ0v) is 25.2. The lowest BCUT2D eigenvalue weighted by atomic mass is 10.1. The zero-order valence-electron chi connectivity index (χ0n) is 23.6. The van der Waals surface area contributed by atoms with E-state index in [-0.39, 0.29) is 4.90 Å². The molecule has 7 nitrogen and oxygen atoms in total. The van der Waals surface area contributed by atoms with Crippen LogP contribution in [0.5, 0.6) is 0 Å². The highest BCUT2D eigenvalue weighted by Gasteiger charge is 2.22. The molecule has 0 spiro atoms. The van der Waals surface area contributed by atoms with Gasteiger partial charge >= 0.3 is 0 Å². The van der Waals surface area contributed by atoms with Gasteiger partial charge in [-0.25, -0.2) is 23.1 Å². The molecule has 2 aromatic carbocycles. The van der Waals surface area contributed by atoms with Gasteiger partial charge in [-0.05, 0) is 107 Å². The van der Waals surface area contributed by atoms with E-state index in [1.165, 1.54) is 37.9 Å². The highest BCUT2D eigenvalue weighted by atomic mass is 32.2. The smallest absolute Gasteiger partial charge is 0.241 e. The van der Waals surface area contributed by atoms with Crippen LogP contribution in [0.3, 0.4) is 0 Å². The Morgan fingerprint density at radius 2 is 1.68 bits per heavy atom. The lowest BCUT2D eigenvalue weighted by Crippen LogP contribution is -2.40. The Labute approximate surface area is 241 Å². The predicted octanol–water partition coefficient (Wildman–Crippen LogP) is 6.99. The zero-order chi connectivity index (χ0) is 28.3. The van der Waals surface area contributed by atoms with Crippen molar-refractivity contribution < 1.29 is 8.42 Å². The SMILES string of the molecule is Cc1cnc(Nc2ccc(CN3CCCCC3)cc2)nc1-c1ccc(-c2cccc(S(=O)(=O)NC(C)(C)C)c2)s1. The summed E-state index contributed by atoms with van der Waals surface area (Å²) >= 11 is 1.58. The molecule has 40 heavy (non-hydrogen) atoms. The average Bonchev–Trinajstić information content (AvgIpc) is 3.41. The van der Waals surface area contributed by atoms with Gasteiger partial charge in [0.25, 0.3) is 0 Å². The van der Waals surface area contributed by atoms with Crippen molar-refractivity contribution in [1.82, 2.24) is 19.6 Å². The number of nitrogens with one attached hydrogen (secondary N) is 2. The van der Waals surface area contributed by atoms with E-state index in [0.29, 0.717) is 5.95 Å². The van der Waals surface area contributed by atoms with E-state index in [1.807, 2.05) is 52.1 Å². The molecule has 1 aliphatic rings. The largest absolute Gasteiger partial charge is 0.324 e. The van der Waals surface area contributed by atoms with Crippen molar-refractivity contribution in [2.24, 2.45) is 0 Å². The van der Waals surface area contributed by atoms with Crippen molar-refractivity contribution in [2.45, 2.75) is 63.9 Å². The normalized spacial score (nSPS) is 14.8. The van der Waals surface area contributed by atoms with E-state index in [9.17, 15) is 8.42 Å². The lowest BCUT2D eigenvalue weighted by molar-refractivity contribution is 0.221. The second-order valence-corrected chi connectivity index (χ2v) is 14.2. The summed E-state index contributed by atoms with van der Waals surface area (Å²) < 4.78 is 28.5. The second kappa shape index (κ2) is 11.8. The van der Waals surface area contributed by atoms with Crippen molar-refractivity contribution in [2.75, 3.05) is 18.4 Å². The number of hydrogen-bond donors (Lipinski definition) is 2. The number of anilines is 2. The molecule has 0 saturated carbocycles. The van der Waals surface area contributed by atoms with Gasteiger partial charge in [0.1, 0.15) is 0 Å². The Morgan fingerprint density at radius 1 is 0.950 bits per heavy atom. The molecule has 4 aromatic rings. The summed E-state index contributed by atoms with van der Waals surface area (Å²) in [7, 11) is -3.62. The van der Waals surface area contributed by atoms with Crippen LogP contribution in [-0.4, -0.2) is 41.9 Å². The standard InChI is InChI=1S/C31H37N5O2S2/c1-22-20-32-30(33-25-13-11-23(12-14-25)21-36-17-6-5-7-18-36)34-29(22)28-16-15-27(39-28)24-9-8-10-26(19-24)40(37,38)35-31(2,3)4/h8-16,19-20,35H,5-7,17-18,21H2,1-4H3,(H,32,33,34). The van der Waals surface area contributed by atoms with Crippen molar-refractivity contribution in [1.29, 1.82) is 0 Å². The maximum absolute atomic E-state index is 12.9. The first kappa shape index (κ1) is 28.4. The Hall–Kier alpha value is -3.11. The van der Waals surface area contributed by atoms with Gasteiger partial charge < -0.3 is 5.32 Å². The number of benzene rings is 2. The molecule has 210 valence electrons. The summed E-state index contributed by atoms with van der Waals surface area (Å²) in [6, 6.07) is 19.6. The molecule has 2 aromatic heterocycles. The van der Waals surface area contributed by atoms with E-state index < -0.39 is 15.6 Å². The van der Waals surface area contributed by atoms with E-state index in [4.69, 9.17) is 4.98 Å². The average molecular weight is 576 g/mol. The van der Waals surface area contributed by atoms with Gasteiger partial charge in [-0.2, -0.15) is 0 Å². The number of aryl methyl sites for hydroxylation is 1. The van der Waals surface area contributed by atoms with Gasteiger partial charge in [0.2, 0.25) is 16.0 Å². The monoisotopic (exact) mass is 575 g/mol. The van der Waals surface area contributed by atoms with Gasteiger partial charge in [0.15, 0.2) is 0 Å². The van der Waals surface area contributed by atoms with Crippen LogP contribution in [0.15, 0.2) is 71.8 Å². The minimum atomic E-state index is -3.62. The van der Waals surface area contributed by atoms with Gasteiger partial charge in [-0.15, -0.1) is 11.3 Å². The molecule has 1 aliphatic heterocycles. The number of nitrogens with zero attached hydrogens (tertiary/aromatic N) is 3. The predicted molar refractivity (Wildman–Crippen MR) is 164 cm³/mol. The van der Waals surface area contributed by atoms with Gasteiger partial charge in [-0.1, -0.05) is 30.7 Å². The van der Waals surface area contributed by atoms with Gasteiger partial charge in [0.05, 0.1) is 15.5 Å². The molecule has 0 atom stereocenters. The van der Waals surface area contributed by atoms with Crippen LogP contribution in [0.1, 0.15) is 51.2 Å². The molecule has 5 rings (SSSR count). The first-order chi connectivity index (χ1) is 19.1. The maximum Gasteiger partial charge on any atom is 0.241 e. The molecule has 3 heterocycles. The number of hydrogen-bond acceptors (Lipinski definition) is 7. The molecular weight excluding hydrogens is 539 g/mol. The van der Waals surface area contributed by atoms with Crippen LogP contribution in [0.25, 0.3) is 21.0 Å². The van der Waals surface area contributed by atoms with Gasteiger partial charge in [0, 0.05) is 28.8 Å². The Morgan fingerprint density at radius 3 is 2.40 bits per heavy atom. The molecule has 0 bridgehead atoms. The van der Waals surface area contributed by atoms with Crippen molar-refractivity contribution in [3.05, 3.63) is 78.0 Å². The fraction of sp³-hybridized carbons (Fsp3) is 0.355. The lowest BCUT2D eigenvalue weighted by Gasteiger charge is -2.26. The number of piperidine rings is 1. The first-order valence-electron chi connectivity index (χ1n) is 13.7. The summed E-state index contributed by atoms with van der Waals surface area (Å²) in [5, 5.41) is 3.35. The topological polar surface area (TPSA) is 87.2 Å². The molecule has 9 heteroatoms. The quantitative estimate of drug-likeness (QED) is 0.236. The fourth-order valence-corrected chi connectivity index (χ4v) is 7.37. The van der Waals surface area contributed by atoms with Crippen molar-refractivity contribution in [3.8, 4) is 21.0 Å². The third-order valence-corrected chi connectivity index (χ3v) is 9.64. The van der Waals surface area contributed by atoms with E-state index in [1.54, 1.807) is 29.5 Å². The van der Waals surface area contributed by atoms with Crippen LogP contribution < -0.4 is 10.0 Å². The highest BCUT2D eigenvalue weighted by molar-refractivity contribution is 7.89. The third kappa shape index (κ3) is 7.14. The van der Waals surface area contributed by atoms with E-state index in [0.717, 1.165) is 38.8 Å². The number of aromatic nitrogens is 2. The Balaban J connectivity index is 1.32. The summed E-state index contributed by atoms with van der Waals surface area (Å²) in [4.78, 5) is 14.1. The maximum atomic E-state index is 12.9. The number of thiophene rings is 1. The Kier molecular flexibility index (Phi) is 8.37. The fourth-order valence-electron chi connectivity index (χ4n) is 4.85. The molecular formula is C31H37N5O2S2. The van der Waals surface area contributed by atoms with E-state index >= 15 is 0 Å². The molecule has 1 saturated heterocycles. The Bertz CT molecular complexity index is 1570. The number of rotatable bonds is 8. The summed E-state index contributed by atoms with van der Waals surface area (Å²) in [5.41, 5.74) is 4.38. The molecule has 0 unspecified atom stereocenters. The molecule has 1 fully saturated rings. The number of sulfonamides is 1. The van der Waals surface area contributed by atoms with Crippen LogP contribution >= 0.6 is 11.3 Å². The molecule has 0 aliphatic carbocycles. The highest BCUT2D eigenvalue weighted by Crippen LogP contribution is 2.36. The van der Waals surface area contributed by atoms with E-state index in [2.05, 4.69) is 44.2 Å². The van der Waals surface area contributed by atoms with Crippen LogP contribution in [-0.2, 0) is 16.6 Å². The summed E-state index contributed by atoms with van der Waals surface area (Å²) in [6.07, 6.45) is 5.76. The summed E-state index contributed by atoms with van der Waals surface area (Å²) in [5.74, 6) is 0.542. The van der Waals surface area contributed by atoms with Crippen LogP contribution in [0, 0.1) is 6.92 Å².